The summed E-state index contributed by atoms with van der Waals surface area (Å²) in [4.78, 5) is 14.1. The molecule has 1 aromatic heterocycles. The average Bonchev–Trinajstić information content (AvgIpc) is 2.41. The van der Waals surface area contributed by atoms with Gasteiger partial charge in [-0.3, -0.25) is 4.90 Å². The maximum atomic E-state index is 4.72. The summed E-state index contributed by atoms with van der Waals surface area (Å²) in [6.45, 7) is 8.29. The summed E-state index contributed by atoms with van der Waals surface area (Å²) < 4.78 is 0. The van der Waals surface area contributed by atoms with E-state index in [0.717, 1.165) is 49.9 Å². The monoisotopic (exact) mass is 263 g/mol. The summed E-state index contributed by atoms with van der Waals surface area (Å²) in [6.07, 6.45) is 0.945. The highest BCUT2D eigenvalue weighted by Crippen LogP contribution is 2.22. The molecule has 0 aromatic carbocycles. The number of anilines is 1. The fourth-order valence-corrected chi connectivity index (χ4v) is 2.41. The molecule has 1 aliphatic rings. The van der Waals surface area contributed by atoms with Crippen molar-refractivity contribution in [1.82, 2.24) is 19.8 Å². The molecule has 0 amide bonds. The van der Waals surface area contributed by atoms with Crippen LogP contribution in [0.25, 0.3) is 0 Å². The topological polar surface area (TPSA) is 44.3 Å². The first-order valence-electron chi connectivity index (χ1n) is 7.14. The summed E-state index contributed by atoms with van der Waals surface area (Å²) in [7, 11) is 4.32. The van der Waals surface area contributed by atoms with Crippen molar-refractivity contribution < 1.29 is 0 Å². The number of likely N-dealkylation sites (N-methyl/N-ethyl adjacent to an activating group) is 2. The molecule has 1 saturated heterocycles. The van der Waals surface area contributed by atoms with Gasteiger partial charge < -0.3 is 10.2 Å². The molecule has 0 bridgehead atoms. The smallest absolute Gasteiger partial charge is 0.149 e. The van der Waals surface area contributed by atoms with Crippen LogP contribution in [0.5, 0.6) is 0 Å². The number of hydrogen-bond acceptors (Lipinski definition) is 5. The van der Waals surface area contributed by atoms with Gasteiger partial charge in [-0.2, -0.15) is 0 Å². The second-order valence-corrected chi connectivity index (χ2v) is 5.25. The first kappa shape index (κ1) is 14.2. The van der Waals surface area contributed by atoms with E-state index >= 15 is 0 Å². The van der Waals surface area contributed by atoms with Crippen LogP contribution in [0.4, 0.5) is 5.82 Å². The van der Waals surface area contributed by atoms with Crippen LogP contribution >= 0.6 is 0 Å². The second kappa shape index (κ2) is 6.30. The lowest BCUT2D eigenvalue weighted by Crippen LogP contribution is -2.45. The van der Waals surface area contributed by atoms with Crippen LogP contribution in [0.3, 0.4) is 0 Å². The standard InChI is InChI=1S/C14H25N5/c1-5-11-9-13(15-6-2)17-14(16-11)12-10-18(3)7-8-19(12)4/h9,12H,5-8,10H2,1-4H3,(H,15,16,17). The molecule has 2 rings (SSSR count). The lowest BCUT2D eigenvalue weighted by Gasteiger charge is -2.36. The van der Waals surface area contributed by atoms with Crippen LogP contribution < -0.4 is 5.32 Å². The fraction of sp³-hybridized carbons (Fsp3) is 0.714. The van der Waals surface area contributed by atoms with Gasteiger partial charge in [0.1, 0.15) is 11.6 Å². The molecule has 1 aliphatic heterocycles. The molecule has 2 heterocycles. The molecule has 1 unspecified atom stereocenters. The van der Waals surface area contributed by atoms with E-state index in [0.29, 0.717) is 6.04 Å². The van der Waals surface area contributed by atoms with Crippen molar-refractivity contribution in [3.63, 3.8) is 0 Å². The van der Waals surface area contributed by atoms with E-state index in [1.54, 1.807) is 0 Å². The number of piperazine rings is 1. The van der Waals surface area contributed by atoms with Crippen molar-refractivity contribution in [2.45, 2.75) is 26.3 Å². The van der Waals surface area contributed by atoms with Crippen LogP contribution in [-0.4, -0.2) is 60.0 Å². The Morgan fingerprint density at radius 3 is 2.74 bits per heavy atom. The zero-order valence-electron chi connectivity index (χ0n) is 12.5. The third-order valence-corrected chi connectivity index (χ3v) is 3.67. The van der Waals surface area contributed by atoms with E-state index in [2.05, 4.69) is 54.1 Å². The third kappa shape index (κ3) is 3.42. The van der Waals surface area contributed by atoms with Gasteiger partial charge in [0.05, 0.1) is 6.04 Å². The van der Waals surface area contributed by atoms with Gasteiger partial charge in [0, 0.05) is 37.9 Å². The van der Waals surface area contributed by atoms with Crippen molar-refractivity contribution in [1.29, 1.82) is 0 Å². The normalized spacial score (nSPS) is 21.6. The summed E-state index contributed by atoms with van der Waals surface area (Å²) in [6, 6.07) is 2.35. The highest BCUT2D eigenvalue weighted by atomic mass is 15.3. The summed E-state index contributed by atoms with van der Waals surface area (Å²) in [5.41, 5.74) is 1.11. The summed E-state index contributed by atoms with van der Waals surface area (Å²) in [5.74, 6) is 1.90. The highest BCUT2D eigenvalue weighted by molar-refractivity contribution is 5.36. The Kier molecular flexibility index (Phi) is 4.71. The molecule has 19 heavy (non-hydrogen) atoms. The lowest BCUT2D eigenvalue weighted by molar-refractivity contribution is 0.109. The minimum Gasteiger partial charge on any atom is -0.370 e. The minimum atomic E-state index is 0.294. The first-order chi connectivity index (χ1) is 9.13. The lowest BCUT2D eigenvalue weighted by atomic mass is 10.1. The SMILES string of the molecule is CCNc1cc(CC)nc(C2CN(C)CCN2C)n1. The van der Waals surface area contributed by atoms with Crippen molar-refractivity contribution in [3.8, 4) is 0 Å². The van der Waals surface area contributed by atoms with E-state index in [1.807, 2.05) is 0 Å². The molecule has 0 spiro atoms. The quantitative estimate of drug-likeness (QED) is 0.889. The summed E-state index contributed by atoms with van der Waals surface area (Å²) in [5, 5.41) is 3.30. The van der Waals surface area contributed by atoms with Gasteiger partial charge in [-0.25, -0.2) is 9.97 Å². The predicted molar refractivity (Wildman–Crippen MR) is 78.4 cm³/mol. The predicted octanol–water partition coefficient (Wildman–Crippen LogP) is 1.39. The van der Waals surface area contributed by atoms with Gasteiger partial charge >= 0.3 is 0 Å². The Morgan fingerprint density at radius 2 is 2.05 bits per heavy atom. The van der Waals surface area contributed by atoms with Gasteiger partial charge in [-0.15, -0.1) is 0 Å². The van der Waals surface area contributed by atoms with Crippen molar-refractivity contribution in [2.24, 2.45) is 0 Å². The third-order valence-electron chi connectivity index (χ3n) is 3.67. The zero-order valence-corrected chi connectivity index (χ0v) is 12.5. The molecule has 0 radical (unpaired) electrons. The number of aromatic nitrogens is 2. The molecule has 0 saturated carbocycles. The van der Waals surface area contributed by atoms with Crippen LogP contribution in [0.1, 0.15) is 31.4 Å². The number of nitrogens with one attached hydrogen (secondary N) is 1. The first-order valence-corrected chi connectivity index (χ1v) is 7.14. The average molecular weight is 263 g/mol. The number of nitrogens with zero attached hydrogens (tertiary/aromatic N) is 4. The van der Waals surface area contributed by atoms with Crippen molar-refractivity contribution in [2.75, 3.05) is 45.6 Å². The van der Waals surface area contributed by atoms with Crippen LogP contribution in [0, 0.1) is 0 Å². The Morgan fingerprint density at radius 1 is 1.26 bits per heavy atom. The summed E-state index contributed by atoms with van der Waals surface area (Å²) >= 11 is 0. The maximum absolute atomic E-state index is 4.72. The Labute approximate surface area is 116 Å². The fourth-order valence-electron chi connectivity index (χ4n) is 2.41. The molecule has 1 N–H and O–H groups in total. The Hall–Kier alpha value is -1.20. The molecule has 1 fully saturated rings. The van der Waals surface area contributed by atoms with Crippen molar-refractivity contribution >= 4 is 5.82 Å². The molecule has 106 valence electrons. The number of rotatable bonds is 4. The van der Waals surface area contributed by atoms with Gasteiger partial charge in [0.2, 0.25) is 0 Å². The van der Waals surface area contributed by atoms with Gasteiger partial charge in [-0.05, 0) is 27.4 Å². The van der Waals surface area contributed by atoms with E-state index < -0.39 is 0 Å². The molecule has 5 heteroatoms. The van der Waals surface area contributed by atoms with Gasteiger partial charge in [-0.1, -0.05) is 6.92 Å². The van der Waals surface area contributed by atoms with E-state index in [-0.39, 0.29) is 0 Å². The minimum absolute atomic E-state index is 0.294. The second-order valence-electron chi connectivity index (χ2n) is 5.25. The van der Waals surface area contributed by atoms with Crippen LogP contribution in [0.15, 0.2) is 6.07 Å². The number of hydrogen-bond donors (Lipinski definition) is 1. The molecular formula is C14H25N5. The molecule has 1 aromatic rings. The molecule has 1 atom stereocenters. The maximum Gasteiger partial charge on any atom is 0.149 e. The van der Waals surface area contributed by atoms with E-state index in [1.165, 1.54) is 0 Å². The molecule has 0 aliphatic carbocycles. The Bertz CT molecular complexity index is 420. The van der Waals surface area contributed by atoms with Crippen LogP contribution in [-0.2, 0) is 6.42 Å². The van der Waals surface area contributed by atoms with E-state index in [9.17, 15) is 0 Å². The highest BCUT2D eigenvalue weighted by Gasteiger charge is 2.26. The van der Waals surface area contributed by atoms with Gasteiger partial charge in [0.25, 0.3) is 0 Å². The zero-order chi connectivity index (χ0) is 13.8. The van der Waals surface area contributed by atoms with E-state index in [4.69, 9.17) is 4.98 Å². The Balaban J connectivity index is 2.28. The number of aryl methyl sites for hydroxylation is 1. The molecular weight excluding hydrogens is 238 g/mol. The molecule has 5 nitrogen and oxygen atoms in total. The van der Waals surface area contributed by atoms with Crippen molar-refractivity contribution in [3.05, 3.63) is 17.6 Å². The van der Waals surface area contributed by atoms with Crippen LogP contribution in [0.2, 0.25) is 0 Å². The largest absolute Gasteiger partial charge is 0.370 e. The van der Waals surface area contributed by atoms with Gasteiger partial charge in [0.15, 0.2) is 0 Å².